The van der Waals surface area contributed by atoms with Crippen molar-refractivity contribution in [2.24, 2.45) is 0 Å². The lowest BCUT2D eigenvalue weighted by Crippen LogP contribution is -2.09. The van der Waals surface area contributed by atoms with Crippen molar-refractivity contribution in [3.05, 3.63) is 59.2 Å². The zero-order valence-electron chi connectivity index (χ0n) is 14.0. The van der Waals surface area contributed by atoms with Gasteiger partial charge in [0.2, 0.25) is 0 Å². The molecule has 0 aliphatic heterocycles. The molecule has 0 aliphatic rings. The molecule has 0 spiro atoms. The number of methoxy groups -OCH3 is 1. The van der Waals surface area contributed by atoms with Crippen molar-refractivity contribution in [2.75, 3.05) is 25.6 Å². The predicted octanol–water partition coefficient (Wildman–Crippen LogP) is 3.69. The number of aliphatic hydroxyl groups excluding tert-OH is 1. The lowest BCUT2D eigenvalue weighted by atomic mass is 10.0. The van der Waals surface area contributed by atoms with Crippen LogP contribution >= 0.6 is 0 Å². The molecule has 0 amide bonds. The highest BCUT2D eigenvalue weighted by Gasteiger charge is 2.08. The van der Waals surface area contributed by atoms with E-state index in [1.807, 2.05) is 36.4 Å². The van der Waals surface area contributed by atoms with Gasteiger partial charge in [-0.3, -0.25) is 0 Å². The van der Waals surface area contributed by atoms with Gasteiger partial charge < -0.3 is 19.9 Å². The molecule has 0 fully saturated rings. The number of aryl methyl sites for hydroxylation is 1. The number of ether oxygens (including phenoxy) is 2. The second-order valence-corrected chi connectivity index (χ2v) is 5.59. The number of hydrogen-bond acceptors (Lipinski definition) is 4. The Balaban J connectivity index is 2.04. The van der Waals surface area contributed by atoms with Crippen LogP contribution in [0.3, 0.4) is 0 Å². The molecule has 0 heterocycles. The van der Waals surface area contributed by atoms with Gasteiger partial charge in [0.15, 0.2) is 0 Å². The fourth-order valence-corrected chi connectivity index (χ4v) is 2.41. The smallest absolute Gasteiger partial charge is 0.119 e. The Labute approximate surface area is 138 Å². The van der Waals surface area contributed by atoms with Crippen molar-refractivity contribution in [2.45, 2.75) is 26.5 Å². The first-order valence-electron chi connectivity index (χ1n) is 7.82. The van der Waals surface area contributed by atoms with E-state index in [1.165, 1.54) is 0 Å². The van der Waals surface area contributed by atoms with Gasteiger partial charge in [0.05, 0.1) is 13.2 Å². The summed E-state index contributed by atoms with van der Waals surface area (Å²) in [7, 11) is 1.66. The van der Waals surface area contributed by atoms with E-state index >= 15 is 0 Å². The minimum Gasteiger partial charge on any atom is -0.491 e. The molecule has 2 rings (SSSR count). The summed E-state index contributed by atoms with van der Waals surface area (Å²) < 4.78 is 10.6. The Morgan fingerprint density at radius 3 is 2.65 bits per heavy atom. The van der Waals surface area contributed by atoms with Crippen LogP contribution in [-0.2, 0) is 11.3 Å². The van der Waals surface area contributed by atoms with Crippen LogP contribution < -0.4 is 10.1 Å². The Morgan fingerprint density at radius 2 is 1.96 bits per heavy atom. The normalized spacial score (nSPS) is 12.0. The van der Waals surface area contributed by atoms with E-state index in [-0.39, 0.29) is 12.6 Å². The minimum atomic E-state index is 0.0626. The fourth-order valence-electron chi connectivity index (χ4n) is 2.41. The van der Waals surface area contributed by atoms with E-state index in [0.717, 1.165) is 28.1 Å². The largest absolute Gasteiger partial charge is 0.491 e. The SMILES string of the molecule is COCCOc1ccc(NC(C)c2cccc(CO)c2)c(C)c1. The summed E-state index contributed by atoms with van der Waals surface area (Å²) in [6.07, 6.45) is 0. The average Bonchev–Trinajstić information content (AvgIpc) is 2.57. The highest BCUT2D eigenvalue weighted by Crippen LogP contribution is 2.26. The van der Waals surface area contributed by atoms with Crippen LogP contribution in [0.1, 0.15) is 29.7 Å². The predicted molar refractivity (Wildman–Crippen MR) is 93.0 cm³/mol. The standard InChI is InChI=1S/C19H25NO3/c1-14-11-18(23-10-9-22-3)7-8-19(14)20-15(2)17-6-4-5-16(12-17)13-21/h4-8,11-12,15,20-21H,9-10,13H2,1-3H3. The van der Waals surface area contributed by atoms with Crippen LogP contribution in [-0.4, -0.2) is 25.4 Å². The van der Waals surface area contributed by atoms with Crippen molar-refractivity contribution < 1.29 is 14.6 Å². The van der Waals surface area contributed by atoms with Gasteiger partial charge in [-0.25, -0.2) is 0 Å². The molecule has 124 valence electrons. The van der Waals surface area contributed by atoms with Crippen LogP contribution in [0, 0.1) is 6.92 Å². The first-order valence-corrected chi connectivity index (χ1v) is 7.82. The van der Waals surface area contributed by atoms with Crippen molar-refractivity contribution in [3.8, 4) is 5.75 Å². The maximum absolute atomic E-state index is 9.25. The molecule has 0 saturated carbocycles. The fraction of sp³-hybridized carbons (Fsp3) is 0.368. The minimum absolute atomic E-state index is 0.0626. The molecule has 1 unspecified atom stereocenters. The number of anilines is 1. The highest BCUT2D eigenvalue weighted by molar-refractivity contribution is 5.55. The lowest BCUT2D eigenvalue weighted by molar-refractivity contribution is 0.146. The Morgan fingerprint density at radius 1 is 1.13 bits per heavy atom. The summed E-state index contributed by atoms with van der Waals surface area (Å²) in [4.78, 5) is 0. The molecule has 1 atom stereocenters. The van der Waals surface area contributed by atoms with E-state index in [1.54, 1.807) is 7.11 Å². The molecular weight excluding hydrogens is 290 g/mol. The van der Waals surface area contributed by atoms with Gasteiger partial charge in [0.25, 0.3) is 0 Å². The molecule has 0 bridgehead atoms. The zero-order chi connectivity index (χ0) is 16.7. The van der Waals surface area contributed by atoms with Gasteiger partial charge in [0.1, 0.15) is 12.4 Å². The third kappa shape index (κ3) is 4.98. The summed E-state index contributed by atoms with van der Waals surface area (Å²) in [5, 5.41) is 12.8. The second kappa shape index (κ2) is 8.56. The number of hydrogen-bond donors (Lipinski definition) is 2. The maximum atomic E-state index is 9.25. The van der Waals surface area contributed by atoms with Crippen molar-refractivity contribution >= 4 is 5.69 Å². The van der Waals surface area contributed by atoms with Crippen molar-refractivity contribution in [3.63, 3.8) is 0 Å². The van der Waals surface area contributed by atoms with Gasteiger partial charge in [-0.1, -0.05) is 24.3 Å². The Kier molecular flexibility index (Phi) is 6.44. The molecule has 2 aromatic carbocycles. The van der Waals surface area contributed by atoms with Crippen LogP contribution in [0.15, 0.2) is 42.5 Å². The van der Waals surface area contributed by atoms with Crippen LogP contribution in [0.4, 0.5) is 5.69 Å². The molecule has 0 aromatic heterocycles. The van der Waals surface area contributed by atoms with Gasteiger partial charge >= 0.3 is 0 Å². The summed E-state index contributed by atoms with van der Waals surface area (Å²) >= 11 is 0. The molecule has 4 heteroatoms. The number of benzene rings is 2. The zero-order valence-corrected chi connectivity index (χ0v) is 14.0. The molecule has 0 radical (unpaired) electrons. The molecule has 2 N–H and O–H groups in total. The van der Waals surface area contributed by atoms with E-state index in [9.17, 15) is 5.11 Å². The molecule has 0 aliphatic carbocycles. The van der Waals surface area contributed by atoms with E-state index in [0.29, 0.717) is 13.2 Å². The average molecular weight is 315 g/mol. The van der Waals surface area contributed by atoms with E-state index < -0.39 is 0 Å². The van der Waals surface area contributed by atoms with Gasteiger partial charge in [-0.2, -0.15) is 0 Å². The summed E-state index contributed by atoms with van der Waals surface area (Å²) in [5.74, 6) is 0.847. The van der Waals surface area contributed by atoms with Crippen LogP contribution in [0.25, 0.3) is 0 Å². The quantitative estimate of drug-likeness (QED) is 0.730. The van der Waals surface area contributed by atoms with Gasteiger partial charge in [-0.15, -0.1) is 0 Å². The monoisotopic (exact) mass is 315 g/mol. The molecular formula is C19H25NO3. The van der Waals surface area contributed by atoms with Gasteiger partial charge in [-0.05, 0) is 48.7 Å². The van der Waals surface area contributed by atoms with Crippen LogP contribution in [0.5, 0.6) is 5.75 Å². The second-order valence-electron chi connectivity index (χ2n) is 5.59. The van der Waals surface area contributed by atoms with Crippen molar-refractivity contribution in [1.29, 1.82) is 0 Å². The van der Waals surface area contributed by atoms with E-state index in [4.69, 9.17) is 9.47 Å². The van der Waals surface area contributed by atoms with Crippen LogP contribution in [0.2, 0.25) is 0 Å². The van der Waals surface area contributed by atoms with Crippen molar-refractivity contribution in [1.82, 2.24) is 0 Å². The summed E-state index contributed by atoms with van der Waals surface area (Å²) in [5.41, 5.74) is 4.28. The third-order valence-corrected chi connectivity index (χ3v) is 3.76. The molecule has 2 aromatic rings. The Bertz CT molecular complexity index is 628. The molecule has 23 heavy (non-hydrogen) atoms. The number of nitrogens with one attached hydrogen (secondary N) is 1. The number of rotatable bonds is 8. The van der Waals surface area contributed by atoms with E-state index in [2.05, 4.69) is 25.2 Å². The maximum Gasteiger partial charge on any atom is 0.119 e. The third-order valence-electron chi connectivity index (χ3n) is 3.76. The first kappa shape index (κ1) is 17.3. The van der Waals surface area contributed by atoms with Gasteiger partial charge in [0, 0.05) is 18.8 Å². The topological polar surface area (TPSA) is 50.7 Å². The molecule has 4 nitrogen and oxygen atoms in total. The first-order chi connectivity index (χ1) is 11.1. The molecule has 0 saturated heterocycles. The summed E-state index contributed by atoms with van der Waals surface area (Å²) in [6, 6.07) is 14.1. The summed E-state index contributed by atoms with van der Waals surface area (Å²) in [6.45, 7) is 5.36. The lowest BCUT2D eigenvalue weighted by Gasteiger charge is -2.19. The Hall–Kier alpha value is -2.04. The highest BCUT2D eigenvalue weighted by atomic mass is 16.5. The number of aliphatic hydroxyl groups is 1.